The van der Waals surface area contributed by atoms with Crippen molar-refractivity contribution in [2.75, 3.05) is 19.6 Å². The van der Waals surface area contributed by atoms with Gasteiger partial charge in [-0.1, -0.05) is 19.9 Å². The second-order valence-corrected chi connectivity index (χ2v) is 7.47. The predicted octanol–water partition coefficient (Wildman–Crippen LogP) is 1.95. The molecule has 1 rings (SSSR count). The van der Waals surface area contributed by atoms with Crippen LogP contribution in [0.1, 0.15) is 26.3 Å². The smallest absolute Gasteiger partial charge is 0.241 e. The molecule has 0 bridgehead atoms. The largest absolute Gasteiger partial charge is 0.392 e. The fourth-order valence-corrected chi connectivity index (χ4v) is 4.34. The Kier molecular flexibility index (Phi) is 7.29. The van der Waals surface area contributed by atoms with Gasteiger partial charge in [0, 0.05) is 17.1 Å². The summed E-state index contributed by atoms with van der Waals surface area (Å²) in [5.74, 6) is 0. The van der Waals surface area contributed by atoms with Gasteiger partial charge in [0.25, 0.3) is 0 Å². The predicted molar refractivity (Wildman–Crippen MR) is 87.6 cm³/mol. The van der Waals surface area contributed by atoms with E-state index >= 15 is 0 Å². The number of halogens is 1. The summed E-state index contributed by atoms with van der Waals surface area (Å²) in [6.07, 6.45) is 0. The number of nitrogens with zero attached hydrogens (tertiary/aromatic N) is 1. The number of hydrogen-bond donors (Lipinski definition) is 2. The molecule has 0 fully saturated rings. The van der Waals surface area contributed by atoms with Crippen LogP contribution in [0.15, 0.2) is 27.6 Å². The van der Waals surface area contributed by atoms with Gasteiger partial charge in [-0.3, -0.25) is 0 Å². The Labute approximate surface area is 135 Å². The molecule has 2 N–H and O–H groups in total. The quantitative estimate of drug-likeness (QED) is 0.725. The molecule has 5 nitrogen and oxygen atoms in total. The van der Waals surface area contributed by atoms with Gasteiger partial charge < -0.3 is 10.0 Å². The Morgan fingerprint density at radius 1 is 1.33 bits per heavy atom. The first-order valence-corrected chi connectivity index (χ1v) is 9.25. The Bertz CT molecular complexity index is 559. The average molecular weight is 379 g/mol. The van der Waals surface area contributed by atoms with Crippen LogP contribution in [-0.4, -0.2) is 44.1 Å². The van der Waals surface area contributed by atoms with Crippen molar-refractivity contribution in [1.29, 1.82) is 0 Å². The zero-order valence-corrected chi connectivity index (χ0v) is 15.0. The summed E-state index contributed by atoms with van der Waals surface area (Å²) in [4.78, 5) is 2.31. The maximum Gasteiger partial charge on any atom is 0.241 e. The Hall–Kier alpha value is -0.470. The molecule has 21 heavy (non-hydrogen) atoms. The second kappa shape index (κ2) is 8.24. The van der Waals surface area contributed by atoms with Gasteiger partial charge in [0.05, 0.1) is 11.5 Å². The van der Waals surface area contributed by atoms with E-state index in [1.807, 2.05) is 20.8 Å². The highest BCUT2D eigenvalue weighted by Crippen LogP contribution is 2.23. The van der Waals surface area contributed by atoms with Crippen LogP contribution in [-0.2, 0) is 16.6 Å². The lowest BCUT2D eigenvalue weighted by atomic mass is 10.2. The van der Waals surface area contributed by atoms with Crippen LogP contribution in [0.3, 0.4) is 0 Å². The second-order valence-electron chi connectivity index (χ2n) is 4.93. The standard InChI is InChI=1S/C14H23BrN2O3S/c1-4-17(5-2)9-11(3)16-21(19,20)14-8-12(10-18)6-7-13(14)15/h6-8,11,16,18H,4-5,9-10H2,1-3H3. The first-order valence-electron chi connectivity index (χ1n) is 6.98. The van der Waals surface area contributed by atoms with Crippen molar-refractivity contribution in [2.45, 2.75) is 38.3 Å². The van der Waals surface area contributed by atoms with E-state index < -0.39 is 10.0 Å². The number of sulfonamides is 1. The van der Waals surface area contributed by atoms with Crippen molar-refractivity contribution < 1.29 is 13.5 Å². The van der Waals surface area contributed by atoms with Crippen LogP contribution >= 0.6 is 15.9 Å². The fourth-order valence-electron chi connectivity index (χ4n) is 2.09. The van der Waals surface area contributed by atoms with E-state index in [0.29, 0.717) is 16.6 Å². The summed E-state index contributed by atoms with van der Waals surface area (Å²) in [6, 6.07) is 4.60. The summed E-state index contributed by atoms with van der Waals surface area (Å²) in [5, 5.41) is 9.15. The van der Waals surface area contributed by atoms with Crippen LogP contribution in [0.25, 0.3) is 0 Å². The number of likely N-dealkylation sites (N-methyl/N-ethyl adjacent to an activating group) is 1. The van der Waals surface area contributed by atoms with Gasteiger partial charge >= 0.3 is 0 Å². The lowest BCUT2D eigenvalue weighted by Gasteiger charge is -2.23. The van der Waals surface area contributed by atoms with Crippen LogP contribution < -0.4 is 4.72 Å². The minimum absolute atomic E-state index is 0.153. The van der Waals surface area contributed by atoms with Gasteiger partial charge in [0.1, 0.15) is 0 Å². The number of rotatable bonds is 8. The molecule has 0 spiro atoms. The van der Waals surface area contributed by atoms with Crippen molar-refractivity contribution in [3.63, 3.8) is 0 Å². The first kappa shape index (κ1) is 18.6. The highest BCUT2D eigenvalue weighted by atomic mass is 79.9. The molecule has 0 radical (unpaired) electrons. The average Bonchev–Trinajstić information content (AvgIpc) is 2.44. The summed E-state index contributed by atoms with van der Waals surface area (Å²) in [5.41, 5.74) is 0.565. The molecule has 0 heterocycles. The Morgan fingerprint density at radius 3 is 2.48 bits per heavy atom. The van der Waals surface area contributed by atoms with Gasteiger partial charge in [0.2, 0.25) is 10.0 Å². The minimum atomic E-state index is -3.62. The molecule has 0 saturated heterocycles. The lowest BCUT2D eigenvalue weighted by molar-refractivity contribution is 0.281. The zero-order chi connectivity index (χ0) is 16.0. The van der Waals surface area contributed by atoms with E-state index in [9.17, 15) is 8.42 Å². The molecule has 0 saturated carbocycles. The van der Waals surface area contributed by atoms with E-state index in [1.54, 1.807) is 12.1 Å². The fraction of sp³-hybridized carbons (Fsp3) is 0.571. The molecule has 1 aromatic rings. The van der Waals surface area contributed by atoms with Gasteiger partial charge in [0.15, 0.2) is 0 Å². The molecule has 0 amide bonds. The van der Waals surface area contributed by atoms with Crippen molar-refractivity contribution in [2.24, 2.45) is 0 Å². The van der Waals surface area contributed by atoms with Gasteiger partial charge in [-0.15, -0.1) is 0 Å². The van der Waals surface area contributed by atoms with Crippen LogP contribution in [0, 0.1) is 0 Å². The normalized spacial score (nSPS) is 13.6. The molecular weight excluding hydrogens is 356 g/mol. The molecule has 7 heteroatoms. The molecule has 0 aromatic heterocycles. The SMILES string of the molecule is CCN(CC)CC(C)NS(=O)(=O)c1cc(CO)ccc1Br. The van der Waals surface area contributed by atoms with Crippen LogP contribution in [0.2, 0.25) is 0 Å². The molecule has 1 unspecified atom stereocenters. The highest BCUT2D eigenvalue weighted by molar-refractivity contribution is 9.10. The number of hydrogen-bond acceptors (Lipinski definition) is 4. The molecule has 1 atom stereocenters. The molecule has 0 aliphatic carbocycles. The summed E-state index contributed by atoms with van der Waals surface area (Å²) in [6.45, 7) is 8.17. The molecule has 0 aliphatic heterocycles. The lowest BCUT2D eigenvalue weighted by Crippen LogP contribution is -2.41. The summed E-state index contributed by atoms with van der Waals surface area (Å²) >= 11 is 3.25. The van der Waals surface area contributed by atoms with E-state index in [2.05, 4.69) is 25.6 Å². The van der Waals surface area contributed by atoms with Gasteiger partial charge in [-0.25, -0.2) is 13.1 Å². The number of nitrogens with one attached hydrogen (secondary N) is 1. The highest BCUT2D eigenvalue weighted by Gasteiger charge is 2.21. The van der Waals surface area contributed by atoms with E-state index in [-0.39, 0.29) is 17.5 Å². The van der Waals surface area contributed by atoms with Crippen molar-refractivity contribution in [1.82, 2.24) is 9.62 Å². The topological polar surface area (TPSA) is 69.6 Å². The van der Waals surface area contributed by atoms with Gasteiger partial charge in [-0.05, 0) is 53.6 Å². The third-order valence-electron chi connectivity index (χ3n) is 3.25. The van der Waals surface area contributed by atoms with Crippen molar-refractivity contribution in [3.8, 4) is 0 Å². The van der Waals surface area contributed by atoms with Gasteiger partial charge in [-0.2, -0.15) is 0 Å². The number of benzene rings is 1. The maximum atomic E-state index is 12.4. The Morgan fingerprint density at radius 2 is 1.95 bits per heavy atom. The molecular formula is C14H23BrN2O3S. The monoisotopic (exact) mass is 378 g/mol. The summed E-state index contributed by atoms with van der Waals surface area (Å²) in [7, 11) is -3.62. The van der Waals surface area contributed by atoms with Crippen molar-refractivity contribution in [3.05, 3.63) is 28.2 Å². The van der Waals surface area contributed by atoms with E-state index in [4.69, 9.17) is 5.11 Å². The van der Waals surface area contributed by atoms with E-state index in [0.717, 1.165) is 13.1 Å². The third kappa shape index (κ3) is 5.34. The zero-order valence-electron chi connectivity index (χ0n) is 12.6. The van der Waals surface area contributed by atoms with E-state index in [1.165, 1.54) is 6.07 Å². The summed E-state index contributed by atoms with van der Waals surface area (Å²) < 4.78 is 28.1. The van der Waals surface area contributed by atoms with Crippen LogP contribution in [0.5, 0.6) is 0 Å². The number of aliphatic hydroxyl groups excluding tert-OH is 1. The van der Waals surface area contributed by atoms with Crippen molar-refractivity contribution >= 4 is 26.0 Å². The number of aliphatic hydroxyl groups is 1. The van der Waals surface area contributed by atoms with Crippen LogP contribution in [0.4, 0.5) is 0 Å². The minimum Gasteiger partial charge on any atom is -0.392 e. The first-order chi connectivity index (χ1) is 9.83. The Balaban J connectivity index is 2.91. The maximum absolute atomic E-state index is 12.4. The molecule has 120 valence electrons. The molecule has 1 aromatic carbocycles. The molecule has 0 aliphatic rings. The third-order valence-corrected chi connectivity index (χ3v) is 5.83.